The van der Waals surface area contributed by atoms with Crippen LogP contribution < -0.4 is 10.6 Å². The van der Waals surface area contributed by atoms with Gasteiger partial charge in [-0.2, -0.15) is 0 Å². The van der Waals surface area contributed by atoms with Crippen LogP contribution in [0.5, 0.6) is 0 Å². The van der Waals surface area contributed by atoms with Gasteiger partial charge in [0.15, 0.2) is 0 Å². The number of hydrogen-bond acceptors (Lipinski definition) is 2. The van der Waals surface area contributed by atoms with Crippen molar-refractivity contribution >= 4 is 11.6 Å². The van der Waals surface area contributed by atoms with Crippen molar-refractivity contribution in [1.29, 1.82) is 0 Å². The molecule has 2 N–H and O–H groups in total. The third-order valence-electron chi connectivity index (χ3n) is 2.19. The smallest absolute Gasteiger partial charge is 0.242 e. The summed E-state index contributed by atoms with van der Waals surface area (Å²) in [4.78, 5) is 11.8. The maximum absolute atomic E-state index is 13.4. The predicted octanol–water partition coefficient (Wildman–Crippen LogP) is 2.68. The van der Waals surface area contributed by atoms with Crippen molar-refractivity contribution in [2.24, 2.45) is 0 Å². The molecule has 0 saturated heterocycles. The third kappa shape index (κ3) is 4.31. The van der Waals surface area contributed by atoms with E-state index in [1.165, 1.54) is 0 Å². The molecular weight excluding hydrogens is 238 g/mol. The minimum atomic E-state index is -0.652. The van der Waals surface area contributed by atoms with Crippen LogP contribution in [-0.4, -0.2) is 17.5 Å². The van der Waals surface area contributed by atoms with Crippen LogP contribution in [0.25, 0.3) is 0 Å². The van der Waals surface area contributed by atoms with E-state index in [1.807, 2.05) is 20.8 Å². The quantitative estimate of drug-likeness (QED) is 0.873. The lowest BCUT2D eigenvalue weighted by molar-refractivity contribution is -0.122. The molecule has 0 bridgehead atoms. The summed E-state index contributed by atoms with van der Waals surface area (Å²) in [5.41, 5.74) is -0.389. The van der Waals surface area contributed by atoms with Crippen molar-refractivity contribution < 1.29 is 13.6 Å². The van der Waals surface area contributed by atoms with Crippen molar-refractivity contribution in [3.63, 3.8) is 0 Å². The average molecular weight is 256 g/mol. The highest BCUT2D eigenvalue weighted by Crippen LogP contribution is 2.16. The van der Waals surface area contributed by atoms with Crippen molar-refractivity contribution in [3.8, 4) is 0 Å². The molecule has 0 aliphatic rings. The van der Waals surface area contributed by atoms with Gasteiger partial charge in [0.2, 0.25) is 5.91 Å². The zero-order valence-corrected chi connectivity index (χ0v) is 11.0. The second-order valence-electron chi connectivity index (χ2n) is 5.23. The fourth-order valence-electron chi connectivity index (χ4n) is 1.38. The van der Waals surface area contributed by atoms with E-state index in [0.717, 1.165) is 18.2 Å². The lowest BCUT2D eigenvalue weighted by Crippen LogP contribution is -2.47. The van der Waals surface area contributed by atoms with Crippen molar-refractivity contribution in [2.75, 3.05) is 5.32 Å². The van der Waals surface area contributed by atoms with Crippen LogP contribution in [0, 0.1) is 11.6 Å². The molecule has 0 heterocycles. The number of benzene rings is 1. The molecule has 1 rings (SSSR count). The molecule has 1 atom stereocenters. The van der Waals surface area contributed by atoms with Crippen molar-refractivity contribution in [1.82, 2.24) is 5.32 Å². The van der Waals surface area contributed by atoms with Crippen LogP contribution in [0.3, 0.4) is 0 Å². The summed E-state index contributed by atoms with van der Waals surface area (Å²) >= 11 is 0. The van der Waals surface area contributed by atoms with Crippen molar-refractivity contribution in [2.45, 2.75) is 39.3 Å². The summed E-state index contributed by atoms with van der Waals surface area (Å²) in [7, 11) is 0. The summed E-state index contributed by atoms with van der Waals surface area (Å²) in [5.74, 6) is -1.42. The van der Waals surface area contributed by atoms with Gasteiger partial charge in [-0.25, -0.2) is 8.78 Å². The first-order valence-corrected chi connectivity index (χ1v) is 5.72. The molecule has 0 radical (unpaired) electrons. The second kappa shape index (κ2) is 5.33. The normalized spacial score (nSPS) is 13.0. The first-order chi connectivity index (χ1) is 8.19. The Kier molecular flexibility index (Phi) is 4.27. The van der Waals surface area contributed by atoms with Gasteiger partial charge in [-0.05, 0) is 45.9 Å². The van der Waals surface area contributed by atoms with E-state index < -0.39 is 17.7 Å². The molecule has 100 valence electrons. The predicted molar refractivity (Wildman–Crippen MR) is 67.3 cm³/mol. The molecule has 3 nitrogen and oxygen atoms in total. The van der Waals surface area contributed by atoms with Crippen LogP contribution in [-0.2, 0) is 4.79 Å². The van der Waals surface area contributed by atoms with Gasteiger partial charge in [-0.1, -0.05) is 0 Å². The highest BCUT2D eigenvalue weighted by molar-refractivity contribution is 5.84. The molecule has 1 amide bonds. The Morgan fingerprint density at radius 2 is 1.89 bits per heavy atom. The van der Waals surface area contributed by atoms with Gasteiger partial charge >= 0.3 is 0 Å². The van der Waals surface area contributed by atoms with E-state index in [-0.39, 0.29) is 17.1 Å². The molecule has 0 fully saturated rings. The lowest BCUT2D eigenvalue weighted by Gasteiger charge is -2.24. The molecule has 18 heavy (non-hydrogen) atoms. The minimum absolute atomic E-state index is 0.0217. The Morgan fingerprint density at radius 1 is 1.28 bits per heavy atom. The number of hydrogen-bond donors (Lipinski definition) is 2. The van der Waals surface area contributed by atoms with E-state index >= 15 is 0 Å². The summed E-state index contributed by atoms with van der Waals surface area (Å²) in [6, 6.07) is 2.42. The number of amides is 1. The zero-order valence-electron chi connectivity index (χ0n) is 11.0. The molecule has 1 aromatic carbocycles. The van der Waals surface area contributed by atoms with Crippen LogP contribution >= 0.6 is 0 Å². The average Bonchev–Trinajstić information content (AvgIpc) is 2.21. The Balaban J connectivity index is 2.72. The van der Waals surface area contributed by atoms with Gasteiger partial charge in [0.1, 0.15) is 17.7 Å². The first-order valence-electron chi connectivity index (χ1n) is 5.72. The second-order valence-corrected chi connectivity index (χ2v) is 5.23. The Bertz CT molecular complexity index is 441. The maximum Gasteiger partial charge on any atom is 0.242 e. The standard InChI is InChI=1S/C13H18F2N2O/c1-8(12(18)17-13(2,3)4)16-11-7-9(14)5-6-10(11)15/h5-8,16H,1-4H3,(H,17,18). The largest absolute Gasteiger partial charge is 0.371 e. The van der Waals surface area contributed by atoms with Gasteiger partial charge in [0.05, 0.1) is 5.69 Å². The lowest BCUT2D eigenvalue weighted by atomic mass is 10.1. The van der Waals surface area contributed by atoms with E-state index in [1.54, 1.807) is 6.92 Å². The molecule has 0 aromatic heterocycles. The SMILES string of the molecule is CC(Nc1cc(F)ccc1F)C(=O)NC(C)(C)C. The van der Waals surface area contributed by atoms with Crippen LogP contribution in [0.1, 0.15) is 27.7 Å². The van der Waals surface area contributed by atoms with Crippen molar-refractivity contribution in [3.05, 3.63) is 29.8 Å². The number of nitrogens with one attached hydrogen (secondary N) is 2. The fraction of sp³-hybridized carbons (Fsp3) is 0.462. The van der Waals surface area contributed by atoms with Gasteiger partial charge in [-0.15, -0.1) is 0 Å². The summed E-state index contributed by atoms with van der Waals surface area (Å²) in [5, 5.41) is 5.40. The monoisotopic (exact) mass is 256 g/mol. The topological polar surface area (TPSA) is 41.1 Å². The van der Waals surface area contributed by atoms with E-state index in [0.29, 0.717) is 0 Å². The molecule has 0 aliphatic heterocycles. The first kappa shape index (κ1) is 14.4. The van der Waals surface area contributed by atoms with Crippen LogP contribution in [0.15, 0.2) is 18.2 Å². The van der Waals surface area contributed by atoms with Gasteiger partial charge in [0.25, 0.3) is 0 Å². The van der Waals surface area contributed by atoms with Gasteiger partial charge < -0.3 is 10.6 Å². The molecular formula is C13H18F2N2O. The molecule has 1 unspecified atom stereocenters. The number of carbonyl (C=O) groups is 1. The minimum Gasteiger partial charge on any atom is -0.371 e. The number of halogens is 2. The maximum atomic E-state index is 13.4. The van der Waals surface area contributed by atoms with E-state index in [2.05, 4.69) is 10.6 Å². The highest BCUT2D eigenvalue weighted by Gasteiger charge is 2.20. The Hall–Kier alpha value is -1.65. The molecule has 0 spiro atoms. The molecule has 0 aliphatic carbocycles. The summed E-state index contributed by atoms with van der Waals surface area (Å²) in [6.45, 7) is 7.13. The van der Waals surface area contributed by atoms with E-state index in [4.69, 9.17) is 0 Å². The summed E-state index contributed by atoms with van der Waals surface area (Å²) < 4.78 is 26.3. The molecule has 1 aromatic rings. The number of rotatable bonds is 3. The highest BCUT2D eigenvalue weighted by atomic mass is 19.1. The number of carbonyl (C=O) groups excluding carboxylic acids is 1. The fourth-order valence-corrected chi connectivity index (χ4v) is 1.38. The zero-order chi connectivity index (χ0) is 13.9. The van der Waals surface area contributed by atoms with E-state index in [9.17, 15) is 13.6 Å². The number of anilines is 1. The van der Waals surface area contributed by atoms with Gasteiger partial charge in [0, 0.05) is 5.54 Å². The van der Waals surface area contributed by atoms with Gasteiger partial charge in [-0.3, -0.25) is 4.79 Å². The molecule has 5 heteroatoms. The molecule has 0 saturated carbocycles. The summed E-state index contributed by atoms with van der Waals surface area (Å²) in [6.07, 6.45) is 0. The third-order valence-corrected chi connectivity index (χ3v) is 2.19. The van der Waals surface area contributed by atoms with Crippen LogP contribution in [0.2, 0.25) is 0 Å². The van der Waals surface area contributed by atoms with Crippen LogP contribution in [0.4, 0.5) is 14.5 Å². The Labute approximate surface area is 106 Å². The Morgan fingerprint density at radius 3 is 2.44 bits per heavy atom.